The molecular formula is C15H21BrF2N2OS. The van der Waals surface area contributed by atoms with E-state index < -0.39 is 21.7 Å². The standard InChI is InChI=1S/C15H21BrF2N2OS/c1-14(2,3)22(21)20-12(7-10-8-15(17,18)9-10)11-5-4-6-13(16)19-11/h4-6,10,12,20H,7-9H2,1-3H3/t12-,22?/m1/s1. The van der Waals surface area contributed by atoms with Gasteiger partial charge in [-0.2, -0.15) is 0 Å². The Morgan fingerprint density at radius 2 is 2.09 bits per heavy atom. The van der Waals surface area contributed by atoms with Crippen LogP contribution in [0.25, 0.3) is 0 Å². The Labute approximate surface area is 141 Å². The van der Waals surface area contributed by atoms with E-state index in [4.69, 9.17) is 0 Å². The minimum Gasteiger partial charge on any atom is -0.244 e. The Bertz CT molecular complexity index is 555. The second-order valence-corrected chi connectivity index (χ2v) is 9.61. The summed E-state index contributed by atoms with van der Waals surface area (Å²) >= 11 is 3.32. The number of nitrogens with zero attached hydrogens (tertiary/aromatic N) is 1. The zero-order chi connectivity index (χ0) is 16.5. The second kappa shape index (κ2) is 6.61. The molecule has 22 heavy (non-hydrogen) atoms. The lowest BCUT2D eigenvalue weighted by molar-refractivity contribution is -0.113. The molecule has 7 heteroatoms. The molecule has 3 nitrogen and oxygen atoms in total. The van der Waals surface area contributed by atoms with Gasteiger partial charge in [0.15, 0.2) is 0 Å². The van der Waals surface area contributed by atoms with Gasteiger partial charge in [0.1, 0.15) is 4.60 Å². The van der Waals surface area contributed by atoms with Gasteiger partial charge >= 0.3 is 0 Å². The molecule has 0 bridgehead atoms. The van der Waals surface area contributed by atoms with Gasteiger partial charge in [0, 0.05) is 12.8 Å². The van der Waals surface area contributed by atoms with Gasteiger partial charge in [-0.25, -0.2) is 22.7 Å². The number of pyridine rings is 1. The Balaban J connectivity index is 2.12. The van der Waals surface area contributed by atoms with Crippen LogP contribution in [-0.2, 0) is 11.0 Å². The average molecular weight is 395 g/mol. The number of alkyl halides is 2. The minimum absolute atomic E-state index is 0.0646. The Kier molecular flexibility index (Phi) is 5.39. The van der Waals surface area contributed by atoms with Gasteiger partial charge in [-0.3, -0.25) is 0 Å². The number of aromatic nitrogens is 1. The van der Waals surface area contributed by atoms with Gasteiger partial charge in [0.25, 0.3) is 0 Å². The average Bonchev–Trinajstić information content (AvgIpc) is 2.34. The highest BCUT2D eigenvalue weighted by Gasteiger charge is 2.46. The molecular weight excluding hydrogens is 374 g/mol. The van der Waals surface area contributed by atoms with E-state index in [0.29, 0.717) is 11.0 Å². The number of rotatable bonds is 5. The van der Waals surface area contributed by atoms with E-state index in [1.807, 2.05) is 32.9 Å². The normalized spacial score (nSPS) is 21.2. The number of hydrogen-bond donors (Lipinski definition) is 1. The monoisotopic (exact) mass is 394 g/mol. The summed E-state index contributed by atoms with van der Waals surface area (Å²) in [5, 5.41) is 0. The van der Waals surface area contributed by atoms with E-state index in [1.165, 1.54) is 0 Å². The number of nitrogens with one attached hydrogen (secondary N) is 1. The fraction of sp³-hybridized carbons (Fsp3) is 0.667. The third-order valence-corrected chi connectivity index (χ3v) is 5.70. The van der Waals surface area contributed by atoms with Crippen LogP contribution in [0.5, 0.6) is 0 Å². The summed E-state index contributed by atoms with van der Waals surface area (Å²) in [5.41, 5.74) is 0.724. The summed E-state index contributed by atoms with van der Waals surface area (Å²) in [4.78, 5) is 4.39. The highest BCUT2D eigenvalue weighted by molar-refractivity contribution is 9.10. The molecule has 0 radical (unpaired) electrons. The molecule has 1 aliphatic carbocycles. The SMILES string of the molecule is CC(C)(C)S(=O)N[C@H](CC1CC(F)(F)C1)c1cccc(Br)n1. The van der Waals surface area contributed by atoms with Crippen molar-refractivity contribution in [3.8, 4) is 0 Å². The molecule has 1 aromatic heterocycles. The van der Waals surface area contributed by atoms with Crippen molar-refractivity contribution in [3.63, 3.8) is 0 Å². The van der Waals surface area contributed by atoms with Crippen molar-refractivity contribution in [3.05, 3.63) is 28.5 Å². The lowest BCUT2D eigenvalue weighted by atomic mass is 9.77. The predicted octanol–water partition coefficient (Wildman–Crippen LogP) is 4.37. The molecule has 0 aliphatic heterocycles. The van der Waals surface area contributed by atoms with Crippen LogP contribution in [0.2, 0.25) is 0 Å². The topological polar surface area (TPSA) is 42.0 Å². The lowest BCUT2D eigenvalue weighted by Crippen LogP contribution is -2.40. The van der Waals surface area contributed by atoms with Crippen LogP contribution in [0.1, 0.15) is 51.8 Å². The smallest absolute Gasteiger partial charge is 0.244 e. The lowest BCUT2D eigenvalue weighted by Gasteiger charge is -2.37. The Morgan fingerprint density at radius 1 is 1.45 bits per heavy atom. The Morgan fingerprint density at radius 3 is 2.59 bits per heavy atom. The van der Waals surface area contributed by atoms with Gasteiger partial charge in [-0.1, -0.05) is 6.07 Å². The zero-order valence-electron chi connectivity index (χ0n) is 12.9. The third-order valence-electron chi connectivity index (χ3n) is 3.64. The maximum absolute atomic E-state index is 13.1. The summed E-state index contributed by atoms with van der Waals surface area (Å²) in [6.45, 7) is 5.62. The molecule has 0 amide bonds. The molecule has 1 fully saturated rings. The van der Waals surface area contributed by atoms with Crippen LogP contribution in [-0.4, -0.2) is 19.9 Å². The van der Waals surface area contributed by atoms with Gasteiger partial charge in [0.05, 0.1) is 27.5 Å². The van der Waals surface area contributed by atoms with Gasteiger partial charge in [0.2, 0.25) is 5.92 Å². The van der Waals surface area contributed by atoms with Crippen LogP contribution >= 0.6 is 15.9 Å². The van der Waals surface area contributed by atoms with Crippen molar-refractivity contribution in [1.29, 1.82) is 0 Å². The van der Waals surface area contributed by atoms with Crippen molar-refractivity contribution in [2.24, 2.45) is 5.92 Å². The largest absolute Gasteiger partial charge is 0.248 e. The Hall–Kier alpha value is -0.400. The van der Waals surface area contributed by atoms with Crippen LogP contribution in [0, 0.1) is 5.92 Å². The molecule has 1 unspecified atom stereocenters. The molecule has 0 aromatic carbocycles. The molecule has 1 N–H and O–H groups in total. The maximum Gasteiger partial charge on any atom is 0.248 e. The molecule has 2 rings (SSSR count). The molecule has 1 saturated carbocycles. The van der Waals surface area contributed by atoms with Gasteiger partial charge in [-0.15, -0.1) is 0 Å². The third kappa shape index (κ3) is 4.80. The fourth-order valence-corrected chi connectivity index (χ4v) is 3.62. The molecule has 1 aliphatic rings. The quantitative estimate of drug-likeness (QED) is 0.753. The highest BCUT2D eigenvalue weighted by atomic mass is 79.9. The first-order valence-corrected chi connectivity index (χ1v) is 9.19. The first-order chi connectivity index (χ1) is 10.1. The molecule has 0 spiro atoms. The summed E-state index contributed by atoms with van der Waals surface area (Å²) in [6.07, 6.45) is 0.323. The molecule has 124 valence electrons. The van der Waals surface area contributed by atoms with Crippen molar-refractivity contribution in [2.75, 3.05) is 0 Å². The van der Waals surface area contributed by atoms with Crippen LogP contribution in [0.15, 0.2) is 22.8 Å². The van der Waals surface area contributed by atoms with E-state index in [9.17, 15) is 13.0 Å². The van der Waals surface area contributed by atoms with E-state index in [-0.39, 0.29) is 24.8 Å². The molecule has 1 aromatic rings. The van der Waals surface area contributed by atoms with E-state index >= 15 is 0 Å². The van der Waals surface area contributed by atoms with Crippen LogP contribution in [0.3, 0.4) is 0 Å². The summed E-state index contributed by atoms with van der Waals surface area (Å²) in [7, 11) is -1.28. The highest BCUT2D eigenvalue weighted by Crippen LogP contribution is 2.46. The van der Waals surface area contributed by atoms with Crippen LogP contribution in [0.4, 0.5) is 8.78 Å². The second-order valence-electron chi connectivity index (χ2n) is 6.80. The zero-order valence-corrected chi connectivity index (χ0v) is 15.3. The van der Waals surface area contributed by atoms with Crippen molar-refractivity contribution >= 4 is 26.9 Å². The predicted molar refractivity (Wildman–Crippen MR) is 88.0 cm³/mol. The molecule has 2 atom stereocenters. The van der Waals surface area contributed by atoms with E-state index in [1.54, 1.807) is 6.07 Å². The first-order valence-electron chi connectivity index (χ1n) is 7.25. The summed E-state index contributed by atoms with van der Waals surface area (Å²) < 4.78 is 41.8. The van der Waals surface area contributed by atoms with Gasteiger partial charge in [-0.05, 0) is 61.2 Å². The van der Waals surface area contributed by atoms with Crippen LogP contribution < -0.4 is 4.72 Å². The molecule has 0 saturated heterocycles. The number of hydrogen-bond acceptors (Lipinski definition) is 2. The molecule has 1 heterocycles. The summed E-state index contributed by atoms with van der Waals surface area (Å²) in [5.74, 6) is -2.60. The van der Waals surface area contributed by atoms with E-state index in [2.05, 4.69) is 25.6 Å². The first kappa shape index (κ1) is 17.9. The number of halogens is 3. The fourth-order valence-electron chi connectivity index (χ4n) is 2.44. The minimum atomic E-state index is -2.54. The maximum atomic E-state index is 13.1. The van der Waals surface area contributed by atoms with Crippen molar-refractivity contribution < 1.29 is 13.0 Å². The van der Waals surface area contributed by atoms with Crippen molar-refractivity contribution in [2.45, 2.75) is 56.7 Å². The van der Waals surface area contributed by atoms with Gasteiger partial charge < -0.3 is 0 Å². The van der Waals surface area contributed by atoms with Crippen molar-refractivity contribution in [1.82, 2.24) is 9.71 Å². The van der Waals surface area contributed by atoms with E-state index in [0.717, 1.165) is 5.69 Å². The summed E-state index contributed by atoms with van der Waals surface area (Å²) in [6, 6.07) is 5.19.